The van der Waals surface area contributed by atoms with Gasteiger partial charge in [0.2, 0.25) is 0 Å². The van der Waals surface area contributed by atoms with Crippen LogP contribution in [0, 0.1) is 0 Å². The Labute approximate surface area is 103 Å². The van der Waals surface area contributed by atoms with Crippen LogP contribution in [-0.4, -0.2) is 30.1 Å². The Kier molecular flexibility index (Phi) is 2.81. The topological polar surface area (TPSA) is 38.5 Å². The predicted octanol–water partition coefficient (Wildman–Crippen LogP) is 1.76. The van der Waals surface area contributed by atoms with Crippen LogP contribution in [0.3, 0.4) is 0 Å². The van der Waals surface area contributed by atoms with Gasteiger partial charge in [0, 0.05) is 30.7 Å². The summed E-state index contributed by atoms with van der Waals surface area (Å²) in [6.07, 6.45) is 3.63. The molecule has 1 aliphatic heterocycles. The van der Waals surface area contributed by atoms with Gasteiger partial charge in [0.1, 0.15) is 12.4 Å². The fourth-order valence-corrected chi connectivity index (χ4v) is 2.75. The third-order valence-corrected chi connectivity index (χ3v) is 3.92. The smallest absolute Gasteiger partial charge is 0.123 e. The number of nitrogens with two attached hydrogens (primary N) is 1. The highest BCUT2D eigenvalue weighted by molar-refractivity contribution is 5.33. The monoisotopic (exact) mass is 232 g/mol. The lowest BCUT2D eigenvalue weighted by atomic mass is 9.77. The molecule has 1 heterocycles. The van der Waals surface area contributed by atoms with E-state index in [1.54, 1.807) is 0 Å². The number of para-hydroxylation sites is 1. The van der Waals surface area contributed by atoms with Crippen LogP contribution in [0.4, 0.5) is 0 Å². The Bertz CT molecular complexity index is 401. The predicted molar refractivity (Wildman–Crippen MR) is 68.0 cm³/mol. The largest absolute Gasteiger partial charge is 0.492 e. The summed E-state index contributed by atoms with van der Waals surface area (Å²) in [4.78, 5) is 2.44. The van der Waals surface area contributed by atoms with Crippen molar-refractivity contribution in [1.29, 1.82) is 0 Å². The van der Waals surface area contributed by atoms with Crippen LogP contribution in [0.15, 0.2) is 24.3 Å². The summed E-state index contributed by atoms with van der Waals surface area (Å²) in [6, 6.07) is 8.32. The van der Waals surface area contributed by atoms with Gasteiger partial charge in [-0.15, -0.1) is 0 Å². The van der Waals surface area contributed by atoms with Gasteiger partial charge in [0.05, 0.1) is 0 Å². The Morgan fingerprint density at radius 1 is 1.29 bits per heavy atom. The molecule has 3 heteroatoms. The minimum atomic E-state index is 0.0687. The van der Waals surface area contributed by atoms with Crippen LogP contribution in [0.5, 0.6) is 5.75 Å². The van der Waals surface area contributed by atoms with Gasteiger partial charge in [-0.3, -0.25) is 4.90 Å². The molecule has 3 nitrogen and oxygen atoms in total. The van der Waals surface area contributed by atoms with Crippen molar-refractivity contribution in [1.82, 2.24) is 4.90 Å². The first-order chi connectivity index (χ1) is 8.25. The Balaban J connectivity index is 1.72. The van der Waals surface area contributed by atoms with Crippen molar-refractivity contribution in [2.75, 3.05) is 19.7 Å². The first-order valence-corrected chi connectivity index (χ1v) is 6.47. The summed E-state index contributed by atoms with van der Waals surface area (Å²) in [6.45, 7) is 3.72. The second kappa shape index (κ2) is 4.31. The van der Waals surface area contributed by atoms with Crippen molar-refractivity contribution in [3.63, 3.8) is 0 Å². The first-order valence-electron chi connectivity index (χ1n) is 6.47. The fourth-order valence-electron chi connectivity index (χ4n) is 2.75. The molecule has 1 fully saturated rings. The highest BCUT2D eigenvalue weighted by Gasteiger charge is 2.34. The molecule has 1 saturated carbocycles. The quantitative estimate of drug-likeness (QED) is 0.844. The summed E-state index contributed by atoms with van der Waals surface area (Å²) < 4.78 is 5.76. The molecule has 0 unspecified atom stereocenters. The van der Waals surface area contributed by atoms with Gasteiger partial charge < -0.3 is 10.5 Å². The van der Waals surface area contributed by atoms with Crippen LogP contribution in [-0.2, 0) is 6.54 Å². The molecule has 0 amide bonds. The molecule has 0 spiro atoms. The average Bonchev–Trinajstić information content (AvgIpc) is 2.48. The lowest BCUT2D eigenvalue weighted by Crippen LogP contribution is -2.55. The van der Waals surface area contributed by atoms with Crippen molar-refractivity contribution >= 4 is 0 Å². The molecule has 17 heavy (non-hydrogen) atoms. The van der Waals surface area contributed by atoms with Gasteiger partial charge in [-0.1, -0.05) is 18.2 Å². The summed E-state index contributed by atoms with van der Waals surface area (Å²) in [5, 5.41) is 0. The van der Waals surface area contributed by atoms with Crippen molar-refractivity contribution in [3.8, 4) is 5.75 Å². The summed E-state index contributed by atoms with van der Waals surface area (Å²) in [5.41, 5.74) is 7.68. The van der Waals surface area contributed by atoms with Crippen LogP contribution in [0.25, 0.3) is 0 Å². The lowest BCUT2D eigenvalue weighted by molar-refractivity contribution is 0.132. The molecule has 0 bridgehead atoms. The van der Waals surface area contributed by atoms with E-state index < -0.39 is 0 Å². The number of benzene rings is 1. The Hall–Kier alpha value is -1.06. The molecular weight excluding hydrogens is 212 g/mol. The maximum Gasteiger partial charge on any atom is 0.123 e. The lowest BCUT2D eigenvalue weighted by Gasteiger charge is -2.41. The summed E-state index contributed by atoms with van der Waals surface area (Å²) in [7, 11) is 0. The highest BCUT2D eigenvalue weighted by Crippen LogP contribution is 2.31. The van der Waals surface area contributed by atoms with E-state index in [0.29, 0.717) is 0 Å². The molecule has 0 radical (unpaired) electrons. The first kappa shape index (κ1) is 11.1. The summed E-state index contributed by atoms with van der Waals surface area (Å²) >= 11 is 0. The van der Waals surface area contributed by atoms with Crippen molar-refractivity contribution in [2.24, 2.45) is 5.73 Å². The molecule has 0 aromatic heterocycles. The number of ether oxygens (including phenoxy) is 1. The van der Waals surface area contributed by atoms with Crippen LogP contribution in [0.2, 0.25) is 0 Å². The van der Waals surface area contributed by atoms with Gasteiger partial charge in [-0.25, -0.2) is 0 Å². The van der Waals surface area contributed by atoms with Gasteiger partial charge in [-0.05, 0) is 25.3 Å². The number of hydrogen-bond donors (Lipinski definition) is 1. The SMILES string of the molecule is NC1(CN2CCOc3ccccc3C2)CCC1. The van der Waals surface area contributed by atoms with Crippen molar-refractivity contribution in [3.05, 3.63) is 29.8 Å². The molecule has 92 valence electrons. The zero-order chi connectivity index (χ0) is 11.7. The average molecular weight is 232 g/mol. The van der Waals surface area contributed by atoms with Crippen molar-refractivity contribution in [2.45, 2.75) is 31.3 Å². The van der Waals surface area contributed by atoms with E-state index in [2.05, 4.69) is 23.1 Å². The number of hydrogen-bond acceptors (Lipinski definition) is 3. The van der Waals surface area contributed by atoms with E-state index in [1.807, 2.05) is 6.07 Å². The second-order valence-electron chi connectivity index (χ2n) is 5.38. The zero-order valence-electron chi connectivity index (χ0n) is 10.2. The molecule has 1 aromatic rings. The number of fused-ring (bicyclic) bond motifs is 1. The molecule has 1 aliphatic carbocycles. The second-order valence-corrected chi connectivity index (χ2v) is 5.38. The van der Waals surface area contributed by atoms with E-state index in [4.69, 9.17) is 10.5 Å². The minimum absolute atomic E-state index is 0.0687. The molecule has 2 N–H and O–H groups in total. The van der Waals surface area contributed by atoms with Crippen LogP contribution in [0.1, 0.15) is 24.8 Å². The Morgan fingerprint density at radius 2 is 2.12 bits per heavy atom. The molecular formula is C14H20N2O. The van der Waals surface area contributed by atoms with E-state index in [1.165, 1.54) is 24.8 Å². The highest BCUT2D eigenvalue weighted by atomic mass is 16.5. The van der Waals surface area contributed by atoms with Gasteiger partial charge in [-0.2, -0.15) is 0 Å². The van der Waals surface area contributed by atoms with Crippen LogP contribution < -0.4 is 10.5 Å². The van der Waals surface area contributed by atoms with Gasteiger partial charge in [0.25, 0.3) is 0 Å². The minimum Gasteiger partial charge on any atom is -0.492 e. The van der Waals surface area contributed by atoms with Gasteiger partial charge >= 0.3 is 0 Å². The third kappa shape index (κ3) is 2.31. The van der Waals surface area contributed by atoms with E-state index in [-0.39, 0.29) is 5.54 Å². The molecule has 3 rings (SSSR count). The molecule has 0 saturated heterocycles. The Morgan fingerprint density at radius 3 is 2.88 bits per heavy atom. The van der Waals surface area contributed by atoms with Gasteiger partial charge in [0.15, 0.2) is 0 Å². The number of nitrogens with zero attached hydrogens (tertiary/aromatic N) is 1. The van der Waals surface area contributed by atoms with E-state index in [0.717, 1.165) is 32.0 Å². The summed E-state index contributed by atoms with van der Waals surface area (Å²) in [5.74, 6) is 1.04. The normalized spacial score (nSPS) is 23.1. The van der Waals surface area contributed by atoms with Crippen molar-refractivity contribution < 1.29 is 4.74 Å². The fraction of sp³-hybridized carbons (Fsp3) is 0.571. The molecule has 2 aliphatic rings. The van der Waals surface area contributed by atoms with E-state index >= 15 is 0 Å². The van der Waals surface area contributed by atoms with Crippen LogP contribution >= 0.6 is 0 Å². The number of rotatable bonds is 2. The third-order valence-electron chi connectivity index (χ3n) is 3.92. The molecule has 1 aromatic carbocycles. The maximum atomic E-state index is 6.32. The molecule has 0 atom stereocenters. The maximum absolute atomic E-state index is 6.32. The van der Waals surface area contributed by atoms with E-state index in [9.17, 15) is 0 Å². The zero-order valence-corrected chi connectivity index (χ0v) is 10.2. The standard InChI is InChI=1S/C14H20N2O/c15-14(6-3-7-14)11-16-8-9-17-13-5-2-1-4-12(13)10-16/h1-2,4-5H,3,6-11,15H2.